The highest BCUT2D eigenvalue weighted by atomic mass is 16.2. The van der Waals surface area contributed by atoms with Crippen LogP contribution in [0, 0.1) is 0 Å². The Bertz CT molecular complexity index is 511. The lowest BCUT2D eigenvalue weighted by atomic mass is 10.1. The molecular formula is C20H33N3O2. The van der Waals surface area contributed by atoms with Crippen LogP contribution in [-0.4, -0.2) is 45.7 Å². The smallest absolute Gasteiger partial charge is 0.223 e. The predicted octanol–water partition coefficient (Wildman–Crippen LogP) is 3.64. The van der Waals surface area contributed by atoms with Crippen LogP contribution < -0.4 is 0 Å². The molecule has 1 heterocycles. The maximum Gasteiger partial charge on any atom is 0.223 e. The van der Waals surface area contributed by atoms with Crippen LogP contribution in [0.15, 0.2) is 24.5 Å². The first-order chi connectivity index (χ1) is 12.0. The molecule has 0 radical (unpaired) electrons. The van der Waals surface area contributed by atoms with E-state index >= 15 is 0 Å². The molecule has 25 heavy (non-hydrogen) atoms. The van der Waals surface area contributed by atoms with Gasteiger partial charge >= 0.3 is 0 Å². The van der Waals surface area contributed by atoms with E-state index in [2.05, 4.69) is 18.8 Å². The lowest BCUT2D eigenvalue weighted by Crippen LogP contribution is -2.36. The summed E-state index contributed by atoms with van der Waals surface area (Å²) >= 11 is 0. The van der Waals surface area contributed by atoms with Crippen molar-refractivity contribution in [1.82, 2.24) is 14.8 Å². The molecule has 0 atom stereocenters. The van der Waals surface area contributed by atoms with E-state index in [0.717, 1.165) is 31.5 Å². The number of carbonyl (C=O) groups excluding carboxylic acids is 2. The summed E-state index contributed by atoms with van der Waals surface area (Å²) in [7, 11) is 0. The summed E-state index contributed by atoms with van der Waals surface area (Å²) in [6.07, 6.45) is 6.93. The molecule has 0 aliphatic rings. The van der Waals surface area contributed by atoms with Crippen molar-refractivity contribution in [3.05, 3.63) is 30.1 Å². The van der Waals surface area contributed by atoms with Gasteiger partial charge < -0.3 is 9.80 Å². The van der Waals surface area contributed by atoms with Crippen LogP contribution in [0.25, 0.3) is 0 Å². The largest absolute Gasteiger partial charge is 0.343 e. The van der Waals surface area contributed by atoms with Crippen molar-refractivity contribution in [2.24, 2.45) is 0 Å². The number of nitrogens with zero attached hydrogens (tertiary/aromatic N) is 3. The van der Waals surface area contributed by atoms with Gasteiger partial charge in [0.1, 0.15) is 0 Å². The second-order valence-corrected chi connectivity index (χ2v) is 6.71. The standard InChI is InChI=1S/C20H33N3O2/c1-5-13-22(14-6-2)19(24)10-7-11-20(25)23(17(3)4)16-18-9-8-12-21-15-18/h8-9,12,15,17H,5-7,10-11,13-14,16H2,1-4H3. The third kappa shape index (κ3) is 7.67. The molecule has 0 saturated carbocycles. The normalized spacial score (nSPS) is 10.8. The number of amides is 2. The van der Waals surface area contributed by atoms with Gasteiger partial charge in [-0.3, -0.25) is 14.6 Å². The summed E-state index contributed by atoms with van der Waals surface area (Å²) in [5.41, 5.74) is 1.03. The molecule has 1 rings (SSSR count). The Hall–Kier alpha value is -1.91. The third-order valence-corrected chi connectivity index (χ3v) is 4.14. The Morgan fingerprint density at radius 3 is 2.24 bits per heavy atom. The average molecular weight is 348 g/mol. The molecule has 1 aromatic rings. The second kappa shape index (κ2) is 11.6. The van der Waals surface area contributed by atoms with Gasteiger partial charge in [0.15, 0.2) is 0 Å². The molecule has 2 amide bonds. The zero-order valence-electron chi connectivity index (χ0n) is 16.2. The summed E-state index contributed by atoms with van der Waals surface area (Å²) in [6, 6.07) is 3.99. The molecule has 0 saturated heterocycles. The summed E-state index contributed by atoms with van der Waals surface area (Å²) in [4.78, 5) is 32.7. The minimum atomic E-state index is 0.101. The lowest BCUT2D eigenvalue weighted by molar-refractivity contribution is -0.134. The van der Waals surface area contributed by atoms with Gasteiger partial charge in [-0.1, -0.05) is 19.9 Å². The van der Waals surface area contributed by atoms with Gasteiger partial charge in [0, 0.05) is 50.9 Å². The molecule has 0 fully saturated rings. The number of aromatic nitrogens is 1. The molecule has 0 spiro atoms. The minimum Gasteiger partial charge on any atom is -0.343 e. The molecule has 5 nitrogen and oxygen atoms in total. The Morgan fingerprint density at radius 1 is 1.08 bits per heavy atom. The molecule has 0 aromatic carbocycles. The molecule has 0 aliphatic heterocycles. The van der Waals surface area contributed by atoms with E-state index in [1.54, 1.807) is 12.4 Å². The molecule has 140 valence electrons. The number of hydrogen-bond acceptors (Lipinski definition) is 3. The van der Waals surface area contributed by atoms with E-state index < -0.39 is 0 Å². The van der Waals surface area contributed by atoms with Gasteiger partial charge in [-0.15, -0.1) is 0 Å². The van der Waals surface area contributed by atoms with Crippen molar-refractivity contribution < 1.29 is 9.59 Å². The SMILES string of the molecule is CCCN(CCC)C(=O)CCCC(=O)N(Cc1cccnc1)C(C)C. The zero-order valence-corrected chi connectivity index (χ0v) is 16.2. The number of carbonyl (C=O) groups is 2. The van der Waals surface area contributed by atoms with Crippen LogP contribution in [0.5, 0.6) is 0 Å². The van der Waals surface area contributed by atoms with Crippen molar-refractivity contribution in [3.63, 3.8) is 0 Å². The Balaban J connectivity index is 2.50. The van der Waals surface area contributed by atoms with Crippen LogP contribution in [-0.2, 0) is 16.1 Å². The lowest BCUT2D eigenvalue weighted by Gasteiger charge is -2.27. The Labute approximate surface area is 152 Å². The highest BCUT2D eigenvalue weighted by Gasteiger charge is 2.18. The maximum absolute atomic E-state index is 12.6. The van der Waals surface area contributed by atoms with Crippen molar-refractivity contribution >= 4 is 11.8 Å². The highest BCUT2D eigenvalue weighted by Crippen LogP contribution is 2.12. The van der Waals surface area contributed by atoms with E-state index in [1.807, 2.05) is 35.8 Å². The fourth-order valence-corrected chi connectivity index (χ4v) is 2.84. The van der Waals surface area contributed by atoms with Gasteiger partial charge in [-0.05, 0) is 44.7 Å². The van der Waals surface area contributed by atoms with Crippen LogP contribution in [0.2, 0.25) is 0 Å². The summed E-state index contributed by atoms with van der Waals surface area (Å²) in [5, 5.41) is 0. The first-order valence-electron chi connectivity index (χ1n) is 9.45. The van der Waals surface area contributed by atoms with Crippen molar-refractivity contribution in [2.45, 2.75) is 72.4 Å². The number of pyridine rings is 1. The highest BCUT2D eigenvalue weighted by molar-refractivity contribution is 5.79. The summed E-state index contributed by atoms with van der Waals surface area (Å²) in [6.45, 7) is 10.4. The molecule has 1 aromatic heterocycles. The van der Waals surface area contributed by atoms with E-state index in [1.165, 1.54) is 0 Å². The molecule has 0 N–H and O–H groups in total. The fourth-order valence-electron chi connectivity index (χ4n) is 2.84. The van der Waals surface area contributed by atoms with Crippen LogP contribution in [0.3, 0.4) is 0 Å². The van der Waals surface area contributed by atoms with Crippen LogP contribution >= 0.6 is 0 Å². The molecular weight excluding hydrogens is 314 g/mol. The van der Waals surface area contributed by atoms with E-state index in [0.29, 0.717) is 25.8 Å². The Morgan fingerprint density at radius 2 is 1.72 bits per heavy atom. The third-order valence-electron chi connectivity index (χ3n) is 4.14. The fraction of sp³-hybridized carbons (Fsp3) is 0.650. The maximum atomic E-state index is 12.6. The summed E-state index contributed by atoms with van der Waals surface area (Å²) in [5.74, 6) is 0.268. The monoisotopic (exact) mass is 347 g/mol. The quantitative estimate of drug-likeness (QED) is 0.614. The van der Waals surface area contributed by atoms with E-state index in [9.17, 15) is 9.59 Å². The second-order valence-electron chi connectivity index (χ2n) is 6.71. The molecule has 0 bridgehead atoms. The van der Waals surface area contributed by atoms with Gasteiger partial charge in [-0.2, -0.15) is 0 Å². The van der Waals surface area contributed by atoms with Crippen molar-refractivity contribution in [3.8, 4) is 0 Å². The number of rotatable bonds is 11. The number of hydrogen-bond donors (Lipinski definition) is 0. The van der Waals surface area contributed by atoms with Gasteiger partial charge in [0.05, 0.1) is 0 Å². The first kappa shape index (κ1) is 21.1. The predicted molar refractivity (Wildman–Crippen MR) is 101 cm³/mol. The summed E-state index contributed by atoms with van der Waals surface area (Å²) < 4.78 is 0. The minimum absolute atomic E-state index is 0.101. The van der Waals surface area contributed by atoms with Gasteiger partial charge in [-0.25, -0.2) is 0 Å². The van der Waals surface area contributed by atoms with Crippen molar-refractivity contribution in [2.75, 3.05) is 13.1 Å². The van der Waals surface area contributed by atoms with E-state index in [-0.39, 0.29) is 17.9 Å². The first-order valence-corrected chi connectivity index (χ1v) is 9.45. The topological polar surface area (TPSA) is 53.5 Å². The molecule has 0 unspecified atom stereocenters. The average Bonchev–Trinajstić information content (AvgIpc) is 2.59. The van der Waals surface area contributed by atoms with Crippen molar-refractivity contribution in [1.29, 1.82) is 0 Å². The van der Waals surface area contributed by atoms with Gasteiger partial charge in [0.2, 0.25) is 11.8 Å². The zero-order chi connectivity index (χ0) is 18.7. The molecule has 5 heteroatoms. The molecule has 0 aliphatic carbocycles. The van der Waals surface area contributed by atoms with Crippen LogP contribution in [0.4, 0.5) is 0 Å². The van der Waals surface area contributed by atoms with Crippen LogP contribution in [0.1, 0.15) is 65.4 Å². The Kier molecular flexibility index (Phi) is 9.81. The van der Waals surface area contributed by atoms with Gasteiger partial charge in [0.25, 0.3) is 0 Å². The van der Waals surface area contributed by atoms with E-state index in [4.69, 9.17) is 0 Å².